The van der Waals surface area contributed by atoms with Crippen molar-refractivity contribution in [1.29, 1.82) is 0 Å². The van der Waals surface area contributed by atoms with Crippen LogP contribution in [0.25, 0.3) is 0 Å². The third-order valence-corrected chi connectivity index (χ3v) is 6.41. The summed E-state index contributed by atoms with van der Waals surface area (Å²) < 4.78 is 23.8. The number of aliphatic imine (C=N–C) groups is 1. The second-order valence-electron chi connectivity index (χ2n) is 5.88. The highest BCUT2D eigenvalue weighted by molar-refractivity contribution is 7.92. The number of hydrogen-bond acceptors (Lipinski definition) is 3. The van der Waals surface area contributed by atoms with E-state index in [-0.39, 0.29) is 5.25 Å². The van der Waals surface area contributed by atoms with Crippen LogP contribution in [0.2, 0.25) is 0 Å². The van der Waals surface area contributed by atoms with Crippen molar-refractivity contribution in [3.8, 4) is 0 Å². The molecule has 0 aromatic heterocycles. The van der Waals surface area contributed by atoms with Gasteiger partial charge in [0.05, 0.1) is 17.5 Å². The van der Waals surface area contributed by atoms with Gasteiger partial charge in [-0.3, -0.25) is 4.99 Å². The Morgan fingerprint density at radius 3 is 2.79 bits per heavy atom. The Morgan fingerprint density at radius 2 is 2.11 bits per heavy atom. The summed E-state index contributed by atoms with van der Waals surface area (Å²) in [4.78, 5) is 6.43. The average molecular weight is 287 g/mol. The van der Waals surface area contributed by atoms with Crippen LogP contribution in [0.15, 0.2) is 4.99 Å². The lowest BCUT2D eigenvalue weighted by molar-refractivity contribution is 0.270. The smallest absolute Gasteiger partial charge is 0.191 e. The Morgan fingerprint density at radius 1 is 1.32 bits per heavy atom. The van der Waals surface area contributed by atoms with E-state index in [0.29, 0.717) is 24.2 Å². The Bertz CT molecular complexity index is 433. The average Bonchev–Trinajstić information content (AvgIpc) is 2.36. The summed E-state index contributed by atoms with van der Waals surface area (Å²) in [6, 6.07) is 0. The second kappa shape index (κ2) is 6.11. The second-order valence-corrected chi connectivity index (χ2v) is 8.28. The summed E-state index contributed by atoms with van der Waals surface area (Å²) >= 11 is 0. The lowest BCUT2D eigenvalue weighted by Crippen LogP contribution is -2.44. The number of guanidine groups is 1. The first-order valence-electron chi connectivity index (χ1n) is 7.25. The molecule has 0 aromatic rings. The number of nitrogens with zero attached hydrogens (tertiary/aromatic N) is 2. The van der Waals surface area contributed by atoms with Crippen molar-refractivity contribution >= 4 is 15.8 Å². The minimum atomic E-state index is -2.94. The first-order chi connectivity index (χ1) is 8.99. The van der Waals surface area contributed by atoms with Gasteiger partial charge in [-0.2, -0.15) is 0 Å². The summed E-state index contributed by atoms with van der Waals surface area (Å²) in [5.41, 5.74) is 6.00. The fraction of sp³-hybridized carbons (Fsp3) is 0.923. The fourth-order valence-electron chi connectivity index (χ4n) is 2.92. The molecule has 2 atom stereocenters. The molecular weight excluding hydrogens is 262 g/mol. The van der Waals surface area contributed by atoms with E-state index < -0.39 is 9.84 Å². The zero-order chi connectivity index (χ0) is 13.9. The van der Waals surface area contributed by atoms with Crippen LogP contribution >= 0.6 is 0 Å². The van der Waals surface area contributed by atoms with E-state index >= 15 is 0 Å². The zero-order valence-electron chi connectivity index (χ0n) is 11.7. The molecule has 110 valence electrons. The van der Waals surface area contributed by atoms with Gasteiger partial charge in [0, 0.05) is 13.1 Å². The molecule has 0 bridgehead atoms. The number of rotatable bonds is 2. The Labute approximate surface area is 116 Å². The van der Waals surface area contributed by atoms with Crippen molar-refractivity contribution in [3.05, 3.63) is 0 Å². The molecule has 19 heavy (non-hydrogen) atoms. The topological polar surface area (TPSA) is 75.8 Å². The monoisotopic (exact) mass is 287 g/mol. The molecule has 5 nitrogen and oxygen atoms in total. The van der Waals surface area contributed by atoms with Gasteiger partial charge in [0.25, 0.3) is 0 Å². The van der Waals surface area contributed by atoms with E-state index in [4.69, 9.17) is 5.73 Å². The van der Waals surface area contributed by atoms with Gasteiger partial charge < -0.3 is 10.6 Å². The van der Waals surface area contributed by atoms with Crippen LogP contribution in [0.3, 0.4) is 0 Å². The fourth-order valence-corrected chi connectivity index (χ4v) is 4.69. The Hall–Kier alpha value is -0.780. The van der Waals surface area contributed by atoms with Crippen molar-refractivity contribution in [2.24, 2.45) is 16.6 Å². The van der Waals surface area contributed by atoms with Crippen molar-refractivity contribution in [1.82, 2.24) is 4.90 Å². The van der Waals surface area contributed by atoms with Crippen molar-refractivity contribution in [2.45, 2.75) is 44.3 Å². The molecule has 2 N–H and O–H groups in total. The molecule has 0 aromatic carbocycles. The standard InChI is InChI=1S/C13H25N3O2S/c1-11-5-4-7-16(10-11)13(14)15-9-12-6-2-3-8-19(12,17)18/h11-12H,2-10H2,1H3,(H2,14,15). The quantitative estimate of drug-likeness (QED) is 0.607. The van der Waals surface area contributed by atoms with E-state index in [1.54, 1.807) is 0 Å². The third-order valence-electron chi connectivity index (χ3n) is 4.15. The number of sulfone groups is 1. The van der Waals surface area contributed by atoms with E-state index in [2.05, 4.69) is 16.8 Å². The minimum absolute atomic E-state index is 0.313. The molecule has 0 amide bonds. The molecule has 0 radical (unpaired) electrons. The summed E-state index contributed by atoms with van der Waals surface area (Å²) in [7, 11) is -2.94. The molecule has 0 aliphatic carbocycles. The molecule has 0 saturated carbocycles. The SMILES string of the molecule is CC1CCCN(C(N)=NCC2CCCCS2(=O)=O)C1. The lowest BCUT2D eigenvalue weighted by atomic mass is 10.0. The van der Waals surface area contributed by atoms with Crippen molar-refractivity contribution in [3.63, 3.8) is 0 Å². The predicted molar refractivity (Wildman–Crippen MR) is 77.9 cm³/mol. The maximum Gasteiger partial charge on any atom is 0.191 e. The number of likely N-dealkylation sites (tertiary alicyclic amines) is 1. The van der Waals surface area contributed by atoms with Gasteiger partial charge in [-0.1, -0.05) is 13.3 Å². The molecule has 0 spiro atoms. The van der Waals surface area contributed by atoms with Gasteiger partial charge in [-0.05, 0) is 31.6 Å². The highest BCUT2D eigenvalue weighted by Crippen LogP contribution is 2.20. The normalized spacial score (nSPS) is 32.3. The van der Waals surface area contributed by atoms with Gasteiger partial charge in [0.1, 0.15) is 0 Å². The predicted octanol–water partition coefficient (Wildman–Crippen LogP) is 1.00. The largest absolute Gasteiger partial charge is 0.370 e. The van der Waals surface area contributed by atoms with Crippen LogP contribution in [0.4, 0.5) is 0 Å². The van der Waals surface area contributed by atoms with Gasteiger partial charge in [-0.15, -0.1) is 0 Å². The third kappa shape index (κ3) is 3.84. The van der Waals surface area contributed by atoms with Crippen LogP contribution in [-0.4, -0.2) is 49.9 Å². The number of nitrogens with two attached hydrogens (primary N) is 1. The van der Waals surface area contributed by atoms with Crippen LogP contribution in [0.5, 0.6) is 0 Å². The highest BCUT2D eigenvalue weighted by atomic mass is 32.2. The van der Waals surface area contributed by atoms with Crippen LogP contribution in [-0.2, 0) is 9.84 Å². The molecule has 2 saturated heterocycles. The summed E-state index contributed by atoms with van der Waals surface area (Å²) in [5, 5.41) is -0.318. The number of hydrogen-bond donors (Lipinski definition) is 1. The molecular formula is C13H25N3O2S. The van der Waals surface area contributed by atoms with Gasteiger partial charge in [0.2, 0.25) is 0 Å². The molecule has 2 aliphatic rings. The zero-order valence-corrected chi connectivity index (χ0v) is 12.5. The molecule has 6 heteroatoms. The molecule has 2 heterocycles. The van der Waals surface area contributed by atoms with Crippen LogP contribution < -0.4 is 5.73 Å². The summed E-state index contributed by atoms with van der Waals surface area (Å²) in [6.07, 6.45) is 4.89. The van der Waals surface area contributed by atoms with Gasteiger partial charge >= 0.3 is 0 Å². The molecule has 2 aliphatic heterocycles. The summed E-state index contributed by atoms with van der Waals surface area (Å²) in [6.45, 7) is 4.42. The Kier molecular flexibility index (Phi) is 4.71. The van der Waals surface area contributed by atoms with E-state index in [1.807, 2.05) is 0 Å². The van der Waals surface area contributed by atoms with Crippen molar-refractivity contribution in [2.75, 3.05) is 25.4 Å². The first kappa shape index (κ1) is 14.6. The van der Waals surface area contributed by atoms with Gasteiger partial charge in [0.15, 0.2) is 15.8 Å². The lowest BCUT2D eigenvalue weighted by Gasteiger charge is -2.32. The highest BCUT2D eigenvalue weighted by Gasteiger charge is 2.28. The molecule has 2 rings (SSSR count). The maximum absolute atomic E-state index is 11.9. The summed E-state index contributed by atoms with van der Waals surface area (Å²) in [5.74, 6) is 1.47. The van der Waals surface area contributed by atoms with Gasteiger partial charge in [-0.25, -0.2) is 8.42 Å². The first-order valence-corrected chi connectivity index (χ1v) is 8.97. The Balaban J connectivity index is 1.93. The molecule has 2 unspecified atom stereocenters. The van der Waals surface area contributed by atoms with Crippen LogP contribution in [0, 0.1) is 5.92 Å². The minimum Gasteiger partial charge on any atom is -0.370 e. The number of piperidine rings is 1. The molecule has 2 fully saturated rings. The maximum atomic E-state index is 11.9. The van der Waals surface area contributed by atoms with E-state index in [9.17, 15) is 8.42 Å². The van der Waals surface area contributed by atoms with Crippen molar-refractivity contribution < 1.29 is 8.42 Å². The van der Waals surface area contributed by atoms with Crippen LogP contribution in [0.1, 0.15) is 39.0 Å². The van der Waals surface area contributed by atoms with E-state index in [0.717, 1.165) is 38.8 Å². The van der Waals surface area contributed by atoms with E-state index in [1.165, 1.54) is 6.42 Å².